The van der Waals surface area contributed by atoms with Crippen molar-refractivity contribution in [3.05, 3.63) is 11.7 Å². The molecule has 1 aromatic rings. The Bertz CT molecular complexity index is 290. The van der Waals surface area contributed by atoms with Crippen LogP contribution in [0, 0.1) is 0 Å². The summed E-state index contributed by atoms with van der Waals surface area (Å²) in [6.07, 6.45) is 2.89. The van der Waals surface area contributed by atoms with E-state index in [1.54, 1.807) is 11.8 Å². The van der Waals surface area contributed by atoms with E-state index in [1.807, 2.05) is 7.05 Å². The van der Waals surface area contributed by atoms with Gasteiger partial charge in [-0.2, -0.15) is 16.7 Å². The van der Waals surface area contributed by atoms with Crippen LogP contribution in [0.15, 0.2) is 4.52 Å². The Morgan fingerprint density at radius 1 is 1.47 bits per heavy atom. The Hall–Kier alpha value is -0.550. The summed E-state index contributed by atoms with van der Waals surface area (Å²) in [5.74, 6) is 2.90. The summed E-state index contributed by atoms with van der Waals surface area (Å²) < 4.78 is 5.22. The zero-order valence-electron chi connectivity index (χ0n) is 9.78. The first kappa shape index (κ1) is 12.5. The second kappa shape index (κ2) is 6.12. The number of hydrogen-bond donors (Lipinski definition) is 1. The molecule has 0 aromatic carbocycles. The average Bonchev–Trinajstić information content (AvgIpc) is 2.66. The molecule has 0 spiro atoms. The molecule has 0 aliphatic carbocycles. The van der Waals surface area contributed by atoms with Gasteiger partial charge >= 0.3 is 0 Å². The Labute approximate surface area is 95.2 Å². The number of nitrogens with zero attached hydrogens (tertiary/aromatic N) is 2. The molecule has 0 saturated carbocycles. The van der Waals surface area contributed by atoms with E-state index < -0.39 is 0 Å². The Morgan fingerprint density at radius 2 is 2.20 bits per heavy atom. The largest absolute Gasteiger partial charge is 0.339 e. The van der Waals surface area contributed by atoms with Crippen molar-refractivity contribution in [1.82, 2.24) is 15.5 Å². The molecule has 1 aromatic heterocycles. The second-order valence-electron chi connectivity index (χ2n) is 3.80. The molecule has 0 aliphatic heterocycles. The first-order valence-corrected chi connectivity index (χ1v) is 6.55. The van der Waals surface area contributed by atoms with Gasteiger partial charge in [0.25, 0.3) is 0 Å². The number of nitrogens with one attached hydrogen (secondary N) is 1. The van der Waals surface area contributed by atoms with Crippen molar-refractivity contribution in [3.8, 4) is 0 Å². The monoisotopic (exact) mass is 229 g/mol. The smallest absolute Gasteiger partial charge is 0.230 e. The number of aromatic nitrogens is 2. The average molecular weight is 229 g/mol. The van der Waals surface area contributed by atoms with Gasteiger partial charge in [-0.25, -0.2) is 0 Å². The van der Waals surface area contributed by atoms with Gasteiger partial charge in [0.2, 0.25) is 5.89 Å². The predicted octanol–water partition coefficient (Wildman–Crippen LogP) is 1.69. The molecule has 0 saturated heterocycles. The van der Waals surface area contributed by atoms with Crippen LogP contribution in [-0.2, 0) is 6.42 Å². The number of hydrogen-bond acceptors (Lipinski definition) is 5. The molecular formula is C10H19N3OS. The maximum Gasteiger partial charge on any atom is 0.230 e. The Kier molecular flexibility index (Phi) is 5.11. The minimum absolute atomic E-state index is 0.339. The molecule has 0 radical (unpaired) electrons. The van der Waals surface area contributed by atoms with Crippen molar-refractivity contribution in [2.45, 2.75) is 32.2 Å². The van der Waals surface area contributed by atoms with E-state index >= 15 is 0 Å². The van der Waals surface area contributed by atoms with Gasteiger partial charge in [0, 0.05) is 24.1 Å². The van der Waals surface area contributed by atoms with Gasteiger partial charge < -0.3 is 9.84 Å². The third kappa shape index (κ3) is 3.83. The molecule has 0 bridgehead atoms. The van der Waals surface area contributed by atoms with Gasteiger partial charge in [0.1, 0.15) is 0 Å². The standard InChI is InChI=1S/C10H19N3OS/c1-7(6-15-4)10-12-9(13-14-10)5-8(2)11-3/h7-8,11H,5-6H2,1-4H3. The second-order valence-corrected chi connectivity index (χ2v) is 4.71. The van der Waals surface area contributed by atoms with Gasteiger partial charge in [0.05, 0.1) is 0 Å². The third-order valence-corrected chi connectivity index (χ3v) is 3.14. The third-order valence-electron chi connectivity index (χ3n) is 2.30. The molecule has 2 unspecified atom stereocenters. The van der Waals surface area contributed by atoms with E-state index in [-0.39, 0.29) is 0 Å². The molecule has 0 aliphatic rings. The van der Waals surface area contributed by atoms with Crippen LogP contribution in [0.3, 0.4) is 0 Å². The number of thioether (sulfide) groups is 1. The molecule has 5 heteroatoms. The maximum atomic E-state index is 5.22. The van der Waals surface area contributed by atoms with Crippen LogP contribution in [0.2, 0.25) is 0 Å². The fraction of sp³-hybridized carbons (Fsp3) is 0.800. The number of likely N-dealkylation sites (N-methyl/N-ethyl adjacent to an activating group) is 1. The van der Waals surface area contributed by atoms with E-state index in [4.69, 9.17) is 4.52 Å². The molecule has 1 heterocycles. The summed E-state index contributed by atoms with van der Waals surface area (Å²) in [5.41, 5.74) is 0. The van der Waals surface area contributed by atoms with Crippen LogP contribution < -0.4 is 5.32 Å². The van der Waals surface area contributed by atoms with Crippen LogP contribution in [-0.4, -0.2) is 35.2 Å². The molecule has 0 fully saturated rings. The molecule has 2 atom stereocenters. The van der Waals surface area contributed by atoms with Gasteiger partial charge in [0.15, 0.2) is 5.82 Å². The highest BCUT2D eigenvalue weighted by Gasteiger charge is 2.14. The van der Waals surface area contributed by atoms with Crippen LogP contribution in [0.4, 0.5) is 0 Å². The molecule has 1 N–H and O–H groups in total. The zero-order valence-corrected chi connectivity index (χ0v) is 10.6. The lowest BCUT2D eigenvalue weighted by molar-refractivity contribution is 0.360. The minimum atomic E-state index is 0.339. The van der Waals surface area contributed by atoms with E-state index in [1.165, 1.54) is 0 Å². The van der Waals surface area contributed by atoms with E-state index in [0.29, 0.717) is 12.0 Å². The number of rotatable bonds is 6. The van der Waals surface area contributed by atoms with Gasteiger partial charge in [-0.05, 0) is 20.2 Å². The normalized spacial score (nSPS) is 15.2. The predicted molar refractivity (Wildman–Crippen MR) is 63.3 cm³/mol. The van der Waals surface area contributed by atoms with Crippen molar-refractivity contribution in [2.75, 3.05) is 19.1 Å². The summed E-state index contributed by atoms with van der Waals surface area (Å²) >= 11 is 1.79. The lowest BCUT2D eigenvalue weighted by Gasteiger charge is -2.05. The lowest BCUT2D eigenvalue weighted by Crippen LogP contribution is -2.24. The van der Waals surface area contributed by atoms with E-state index in [0.717, 1.165) is 23.9 Å². The van der Waals surface area contributed by atoms with Crippen LogP contribution in [0.1, 0.15) is 31.5 Å². The highest BCUT2D eigenvalue weighted by atomic mass is 32.2. The summed E-state index contributed by atoms with van der Waals surface area (Å²) in [6, 6.07) is 0.381. The molecule has 15 heavy (non-hydrogen) atoms. The van der Waals surface area contributed by atoms with Crippen LogP contribution in [0.25, 0.3) is 0 Å². The first-order chi connectivity index (χ1) is 7.17. The molecule has 86 valence electrons. The summed E-state index contributed by atoms with van der Waals surface area (Å²) in [4.78, 5) is 4.39. The van der Waals surface area contributed by atoms with Gasteiger partial charge in [-0.3, -0.25) is 0 Å². The van der Waals surface area contributed by atoms with Crippen molar-refractivity contribution in [1.29, 1.82) is 0 Å². The molecular weight excluding hydrogens is 210 g/mol. The van der Waals surface area contributed by atoms with Crippen LogP contribution in [0.5, 0.6) is 0 Å². The summed E-state index contributed by atoms with van der Waals surface area (Å²) in [5, 5.41) is 7.12. The quantitative estimate of drug-likeness (QED) is 0.804. The topological polar surface area (TPSA) is 51.0 Å². The van der Waals surface area contributed by atoms with Crippen molar-refractivity contribution in [2.24, 2.45) is 0 Å². The van der Waals surface area contributed by atoms with Gasteiger partial charge in [-0.1, -0.05) is 12.1 Å². The highest BCUT2D eigenvalue weighted by molar-refractivity contribution is 7.98. The van der Waals surface area contributed by atoms with Crippen LogP contribution >= 0.6 is 11.8 Å². The van der Waals surface area contributed by atoms with Crippen molar-refractivity contribution >= 4 is 11.8 Å². The maximum absolute atomic E-state index is 5.22. The first-order valence-electron chi connectivity index (χ1n) is 5.16. The highest BCUT2D eigenvalue weighted by Crippen LogP contribution is 2.17. The van der Waals surface area contributed by atoms with E-state index in [2.05, 4.69) is 35.6 Å². The SMILES string of the molecule is CNC(C)Cc1noc(C(C)CSC)n1. The molecule has 0 amide bonds. The molecule has 4 nitrogen and oxygen atoms in total. The van der Waals surface area contributed by atoms with Crippen molar-refractivity contribution in [3.63, 3.8) is 0 Å². The Morgan fingerprint density at radius 3 is 2.80 bits per heavy atom. The summed E-state index contributed by atoms with van der Waals surface area (Å²) in [6.45, 7) is 4.21. The Balaban J connectivity index is 2.55. The fourth-order valence-electron chi connectivity index (χ4n) is 1.25. The zero-order chi connectivity index (χ0) is 11.3. The van der Waals surface area contributed by atoms with Gasteiger partial charge in [-0.15, -0.1) is 0 Å². The lowest BCUT2D eigenvalue weighted by atomic mass is 10.2. The molecule has 1 rings (SSSR count). The van der Waals surface area contributed by atoms with E-state index in [9.17, 15) is 0 Å². The fourth-order valence-corrected chi connectivity index (χ4v) is 1.89. The minimum Gasteiger partial charge on any atom is -0.339 e. The summed E-state index contributed by atoms with van der Waals surface area (Å²) in [7, 11) is 1.93. The van der Waals surface area contributed by atoms with Crippen molar-refractivity contribution < 1.29 is 4.52 Å².